The van der Waals surface area contributed by atoms with Crippen LogP contribution in [0.15, 0.2) is 53.0 Å². The maximum absolute atomic E-state index is 3.60. The second-order valence-corrected chi connectivity index (χ2v) is 4.58. The summed E-state index contributed by atoms with van der Waals surface area (Å²) in [5.74, 6) is 2.21. The van der Waals surface area contributed by atoms with Gasteiger partial charge in [0.1, 0.15) is 0 Å². The van der Waals surface area contributed by atoms with Crippen molar-refractivity contribution >= 4 is 34.5 Å². The summed E-state index contributed by atoms with van der Waals surface area (Å²) in [5.41, 5.74) is 2.55. The molecule has 0 aliphatic carbocycles. The van der Waals surface area contributed by atoms with E-state index in [4.69, 9.17) is 0 Å². The van der Waals surface area contributed by atoms with Gasteiger partial charge in [0.2, 0.25) is 0 Å². The molecule has 0 N–H and O–H groups in total. The summed E-state index contributed by atoms with van der Waals surface area (Å²) < 4.78 is 1.20. The molecule has 1 nitrogen and oxygen atoms in total. The number of benzene rings is 1. The predicted molar refractivity (Wildman–Crippen MR) is 69.9 cm³/mol. The van der Waals surface area contributed by atoms with Crippen LogP contribution in [0.5, 0.6) is 0 Å². The summed E-state index contributed by atoms with van der Waals surface area (Å²) in [4.78, 5) is 2.28. The fourth-order valence-corrected chi connectivity index (χ4v) is 2.55. The molecule has 0 saturated heterocycles. The van der Waals surface area contributed by atoms with Gasteiger partial charge in [0.25, 0.3) is 0 Å². The predicted octanol–water partition coefficient (Wildman–Crippen LogP) is 3.40. The van der Waals surface area contributed by atoms with Gasteiger partial charge in [-0.15, -0.1) is 0 Å². The molecule has 1 aromatic carbocycles. The van der Waals surface area contributed by atoms with Gasteiger partial charge in [-0.1, -0.05) is 52.3 Å². The Morgan fingerprint density at radius 3 is 3.00 bits per heavy atom. The number of hydrogen-bond donors (Lipinski definition) is 0. The molecule has 15 heavy (non-hydrogen) atoms. The summed E-state index contributed by atoms with van der Waals surface area (Å²) in [6, 6.07) is 8.45. The molecule has 0 saturated carbocycles. The standard InChI is InChI=1S/C12H9BBrN/c14-12-6-3-9-15-11-5-2-1-4-10(11)7-8-13(12)15/h1-9H. The van der Waals surface area contributed by atoms with Crippen LogP contribution in [-0.2, 0) is 0 Å². The summed E-state index contributed by atoms with van der Waals surface area (Å²) in [7, 11) is 0. The lowest BCUT2D eigenvalue weighted by Crippen LogP contribution is -2.38. The van der Waals surface area contributed by atoms with E-state index < -0.39 is 0 Å². The van der Waals surface area contributed by atoms with E-state index in [0.717, 1.165) is 0 Å². The fraction of sp³-hybridized carbons (Fsp3) is 0. The van der Waals surface area contributed by atoms with E-state index >= 15 is 0 Å². The number of fused-ring (bicyclic) bond motifs is 3. The van der Waals surface area contributed by atoms with Gasteiger partial charge in [-0.2, -0.15) is 0 Å². The third-order valence-electron chi connectivity index (χ3n) is 2.76. The van der Waals surface area contributed by atoms with Crippen LogP contribution in [-0.4, -0.2) is 6.85 Å². The summed E-state index contributed by atoms with van der Waals surface area (Å²) in [6.45, 7) is 0.324. The Kier molecular flexibility index (Phi) is 2.06. The van der Waals surface area contributed by atoms with Crippen LogP contribution in [0.1, 0.15) is 5.56 Å². The molecule has 0 spiro atoms. The van der Waals surface area contributed by atoms with E-state index in [1.807, 2.05) is 0 Å². The molecule has 2 aliphatic heterocycles. The zero-order chi connectivity index (χ0) is 10.3. The third kappa shape index (κ3) is 1.38. The van der Waals surface area contributed by atoms with Gasteiger partial charge < -0.3 is 4.81 Å². The minimum absolute atomic E-state index is 0.324. The van der Waals surface area contributed by atoms with Crippen LogP contribution >= 0.6 is 15.9 Å². The Balaban J connectivity index is 2.15. The molecule has 72 valence electrons. The van der Waals surface area contributed by atoms with Gasteiger partial charge in [0.15, 0.2) is 0 Å². The lowest BCUT2D eigenvalue weighted by molar-refractivity contribution is 1.35. The Morgan fingerprint density at radius 1 is 1.20 bits per heavy atom. The number of halogens is 1. The number of allylic oxidation sites excluding steroid dienone is 2. The van der Waals surface area contributed by atoms with Crippen molar-refractivity contribution in [2.24, 2.45) is 0 Å². The smallest absolute Gasteiger partial charge is 0.327 e. The number of nitrogens with zero attached hydrogens (tertiary/aromatic N) is 1. The maximum Gasteiger partial charge on any atom is 0.327 e. The molecule has 0 amide bonds. The highest BCUT2D eigenvalue weighted by Crippen LogP contribution is 2.32. The molecule has 1 aromatic rings. The minimum atomic E-state index is 0.324. The van der Waals surface area contributed by atoms with Crippen molar-refractivity contribution in [1.82, 2.24) is 0 Å². The van der Waals surface area contributed by atoms with Gasteiger partial charge >= 0.3 is 6.85 Å². The first-order valence-corrected chi connectivity index (χ1v) is 5.75. The summed E-state index contributed by atoms with van der Waals surface area (Å²) in [5, 5.41) is 0. The van der Waals surface area contributed by atoms with E-state index in [-0.39, 0.29) is 0 Å². The van der Waals surface area contributed by atoms with Gasteiger partial charge in [-0.05, 0) is 28.3 Å². The first-order chi connectivity index (χ1) is 7.36. The molecule has 0 fully saturated rings. The zero-order valence-electron chi connectivity index (χ0n) is 8.10. The average molecular weight is 258 g/mol. The van der Waals surface area contributed by atoms with Crippen molar-refractivity contribution in [2.75, 3.05) is 4.81 Å². The van der Waals surface area contributed by atoms with Crippen LogP contribution in [0.25, 0.3) is 6.08 Å². The Morgan fingerprint density at radius 2 is 2.07 bits per heavy atom. The highest BCUT2D eigenvalue weighted by Gasteiger charge is 2.28. The van der Waals surface area contributed by atoms with Crippen molar-refractivity contribution in [1.29, 1.82) is 0 Å². The van der Waals surface area contributed by atoms with Crippen molar-refractivity contribution in [3.05, 3.63) is 58.5 Å². The number of hydrogen-bond acceptors (Lipinski definition) is 1. The van der Waals surface area contributed by atoms with E-state index in [1.165, 1.54) is 15.6 Å². The van der Waals surface area contributed by atoms with Gasteiger partial charge in [-0.3, -0.25) is 0 Å². The van der Waals surface area contributed by atoms with Crippen molar-refractivity contribution in [3.63, 3.8) is 0 Å². The zero-order valence-corrected chi connectivity index (χ0v) is 9.68. The van der Waals surface area contributed by atoms with Crippen LogP contribution in [0.4, 0.5) is 5.69 Å². The number of para-hydroxylation sites is 1. The molecule has 0 aromatic heterocycles. The Bertz CT molecular complexity index is 490. The highest BCUT2D eigenvalue weighted by molar-refractivity contribution is 9.12. The molecule has 0 atom stereocenters. The average Bonchev–Trinajstić information content (AvgIpc) is 2.29. The van der Waals surface area contributed by atoms with Crippen LogP contribution in [0.2, 0.25) is 0 Å². The molecule has 2 aliphatic rings. The minimum Gasteiger partial charge on any atom is -0.383 e. The van der Waals surface area contributed by atoms with Crippen LogP contribution in [0, 0.1) is 0 Å². The molecule has 3 rings (SSSR count). The lowest BCUT2D eigenvalue weighted by Gasteiger charge is -2.32. The number of rotatable bonds is 0. The SMILES string of the molecule is BrC1=CC=CN2B1C=Cc1ccccc12. The lowest BCUT2D eigenvalue weighted by atomic mass is 9.57. The molecule has 0 unspecified atom stereocenters. The molecule has 3 heteroatoms. The summed E-state index contributed by atoms with van der Waals surface area (Å²) >= 11 is 3.60. The second-order valence-electron chi connectivity index (χ2n) is 3.66. The van der Waals surface area contributed by atoms with E-state index in [1.54, 1.807) is 0 Å². The van der Waals surface area contributed by atoms with Crippen molar-refractivity contribution < 1.29 is 0 Å². The van der Waals surface area contributed by atoms with Gasteiger partial charge in [0.05, 0.1) is 0 Å². The third-order valence-corrected chi connectivity index (χ3v) is 3.49. The first kappa shape index (κ1) is 9.04. The molecule has 0 radical (unpaired) electrons. The molecular formula is C12H9BBrN. The highest BCUT2D eigenvalue weighted by atomic mass is 79.9. The molecule has 2 heterocycles. The van der Waals surface area contributed by atoms with Crippen LogP contribution < -0.4 is 4.81 Å². The molecule has 0 bridgehead atoms. The fourth-order valence-electron chi connectivity index (χ4n) is 2.03. The van der Waals surface area contributed by atoms with Gasteiger partial charge in [0, 0.05) is 5.69 Å². The van der Waals surface area contributed by atoms with Crippen LogP contribution in [0.3, 0.4) is 0 Å². The van der Waals surface area contributed by atoms with Gasteiger partial charge in [-0.25, -0.2) is 0 Å². The van der Waals surface area contributed by atoms with E-state index in [2.05, 4.69) is 75.4 Å². The normalized spacial score (nSPS) is 17.3. The number of anilines is 1. The molecular weight excluding hydrogens is 249 g/mol. The first-order valence-electron chi connectivity index (χ1n) is 4.96. The topological polar surface area (TPSA) is 3.24 Å². The second kappa shape index (κ2) is 3.42. The summed E-state index contributed by atoms with van der Waals surface area (Å²) in [6.07, 6.45) is 8.47. The Hall–Kier alpha value is -1.22. The van der Waals surface area contributed by atoms with E-state index in [9.17, 15) is 0 Å². The van der Waals surface area contributed by atoms with Crippen molar-refractivity contribution in [2.45, 2.75) is 0 Å². The monoisotopic (exact) mass is 257 g/mol. The quantitative estimate of drug-likeness (QED) is 0.644. The van der Waals surface area contributed by atoms with E-state index in [0.29, 0.717) is 6.85 Å². The van der Waals surface area contributed by atoms with Crippen molar-refractivity contribution in [3.8, 4) is 0 Å². The maximum atomic E-state index is 3.60. The largest absolute Gasteiger partial charge is 0.383 e. The Labute approximate surface area is 98.0 Å².